The number of benzene rings is 1. The first-order chi connectivity index (χ1) is 9.97. The topological polar surface area (TPSA) is 74.6 Å². The number of carbonyl (C=O) groups is 1. The third-order valence-electron chi connectivity index (χ3n) is 2.43. The molecule has 0 aliphatic heterocycles. The maximum Gasteiger partial charge on any atom is 0.335 e. The van der Waals surface area contributed by atoms with Gasteiger partial charge in [0.15, 0.2) is 5.82 Å². The minimum atomic E-state index is -0.983. The number of carboxylic acids is 1. The van der Waals surface area contributed by atoms with Crippen LogP contribution >= 0.6 is 34.8 Å². The summed E-state index contributed by atoms with van der Waals surface area (Å²) >= 11 is 17.5. The monoisotopic (exact) mass is 343 g/mol. The molecule has 1 aromatic heterocycles. The number of hydrogen-bond donors (Lipinski definition) is 2. The summed E-state index contributed by atoms with van der Waals surface area (Å²) < 4.78 is 0. The zero-order valence-corrected chi connectivity index (χ0v) is 12.6. The molecule has 1 aromatic carbocycles. The van der Waals surface area contributed by atoms with E-state index in [0.717, 1.165) is 0 Å². The van der Waals surface area contributed by atoms with E-state index in [-0.39, 0.29) is 26.6 Å². The number of aromatic nitrogens is 1. The molecule has 108 valence electrons. The first-order valence-electron chi connectivity index (χ1n) is 5.61. The van der Waals surface area contributed by atoms with Gasteiger partial charge in [-0.25, -0.2) is 9.78 Å². The fourth-order valence-electron chi connectivity index (χ4n) is 1.40. The standard InChI is InChI=1S/C13H8Cl3N3O2/c14-9-5-10(15)12(18-11(9)16)19-17-6-7-1-3-8(4-2-7)13(20)21/h1-6H,(H,18,19)(H,20,21)/b17-6-. The summed E-state index contributed by atoms with van der Waals surface area (Å²) in [4.78, 5) is 14.7. The summed E-state index contributed by atoms with van der Waals surface area (Å²) in [6, 6.07) is 7.66. The second-order valence-corrected chi connectivity index (χ2v) is 5.06. The SMILES string of the molecule is O=C(O)c1ccc(/C=N\Nc2nc(Cl)c(Cl)cc2Cl)cc1. The van der Waals surface area contributed by atoms with Gasteiger partial charge in [0.2, 0.25) is 0 Å². The lowest BCUT2D eigenvalue weighted by Gasteiger charge is -2.04. The van der Waals surface area contributed by atoms with Gasteiger partial charge in [0.1, 0.15) is 5.15 Å². The van der Waals surface area contributed by atoms with Crippen LogP contribution in [0.5, 0.6) is 0 Å². The van der Waals surface area contributed by atoms with Crippen molar-refractivity contribution >= 4 is 52.8 Å². The van der Waals surface area contributed by atoms with Gasteiger partial charge in [-0.3, -0.25) is 5.43 Å². The Hall–Kier alpha value is -1.82. The van der Waals surface area contributed by atoms with Gasteiger partial charge in [-0.15, -0.1) is 0 Å². The van der Waals surface area contributed by atoms with Crippen LogP contribution in [0.2, 0.25) is 15.2 Å². The summed E-state index contributed by atoms with van der Waals surface area (Å²) in [5.74, 6) is -0.715. The van der Waals surface area contributed by atoms with E-state index in [2.05, 4.69) is 15.5 Å². The van der Waals surface area contributed by atoms with Crippen LogP contribution in [-0.2, 0) is 0 Å². The number of hydrazone groups is 1. The van der Waals surface area contributed by atoms with Crippen molar-refractivity contribution in [2.24, 2.45) is 5.10 Å². The predicted molar refractivity (Wildman–Crippen MR) is 83.9 cm³/mol. The van der Waals surface area contributed by atoms with Crippen molar-refractivity contribution in [2.75, 3.05) is 5.43 Å². The molecule has 0 bridgehead atoms. The Labute approximate surface area is 135 Å². The van der Waals surface area contributed by atoms with E-state index < -0.39 is 5.97 Å². The number of nitrogens with one attached hydrogen (secondary N) is 1. The predicted octanol–water partition coefficient (Wildman–Crippen LogP) is 4.19. The van der Waals surface area contributed by atoms with Gasteiger partial charge in [-0.2, -0.15) is 5.10 Å². The molecule has 0 aliphatic carbocycles. The van der Waals surface area contributed by atoms with Crippen LogP contribution in [0.15, 0.2) is 35.4 Å². The number of nitrogens with zero attached hydrogens (tertiary/aromatic N) is 2. The number of aromatic carboxylic acids is 1. The van der Waals surface area contributed by atoms with E-state index in [9.17, 15) is 4.79 Å². The molecular formula is C13H8Cl3N3O2. The van der Waals surface area contributed by atoms with Gasteiger partial charge in [0, 0.05) is 0 Å². The highest BCUT2D eigenvalue weighted by Gasteiger charge is 2.06. The highest BCUT2D eigenvalue weighted by atomic mass is 35.5. The average Bonchev–Trinajstić information content (AvgIpc) is 2.45. The van der Waals surface area contributed by atoms with E-state index in [4.69, 9.17) is 39.9 Å². The lowest BCUT2D eigenvalue weighted by atomic mass is 10.1. The number of hydrogen-bond acceptors (Lipinski definition) is 4. The Morgan fingerprint density at radius 1 is 1.19 bits per heavy atom. The molecule has 0 radical (unpaired) electrons. The van der Waals surface area contributed by atoms with Crippen molar-refractivity contribution in [1.82, 2.24) is 4.98 Å². The molecule has 5 nitrogen and oxygen atoms in total. The minimum Gasteiger partial charge on any atom is -0.478 e. The van der Waals surface area contributed by atoms with Crippen molar-refractivity contribution < 1.29 is 9.90 Å². The van der Waals surface area contributed by atoms with Gasteiger partial charge in [-0.1, -0.05) is 46.9 Å². The van der Waals surface area contributed by atoms with Crippen LogP contribution in [0.4, 0.5) is 5.82 Å². The Morgan fingerprint density at radius 3 is 2.48 bits per heavy atom. The molecule has 0 aliphatic rings. The largest absolute Gasteiger partial charge is 0.478 e. The molecule has 0 saturated carbocycles. The second kappa shape index (κ2) is 6.76. The Kier molecular flexibility index (Phi) is 5.01. The van der Waals surface area contributed by atoms with Crippen LogP contribution in [0, 0.1) is 0 Å². The van der Waals surface area contributed by atoms with Crippen molar-refractivity contribution in [1.29, 1.82) is 0 Å². The average molecular weight is 345 g/mol. The summed E-state index contributed by atoms with van der Waals surface area (Å²) in [7, 11) is 0. The highest BCUT2D eigenvalue weighted by Crippen LogP contribution is 2.28. The fourth-order valence-corrected chi connectivity index (χ4v) is 1.94. The number of anilines is 1. The Balaban J connectivity index is 2.09. The summed E-state index contributed by atoms with van der Waals surface area (Å²) in [5.41, 5.74) is 3.55. The van der Waals surface area contributed by atoms with Gasteiger partial charge < -0.3 is 5.11 Å². The molecule has 0 atom stereocenters. The van der Waals surface area contributed by atoms with Crippen molar-refractivity contribution in [3.63, 3.8) is 0 Å². The van der Waals surface area contributed by atoms with Crippen LogP contribution < -0.4 is 5.43 Å². The zero-order chi connectivity index (χ0) is 15.4. The number of pyridine rings is 1. The smallest absolute Gasteiger partial charge is 0.335 e. The molecule has 0 spiro atoms. The quantitative estimate of drug-likeness (QED) is 0.495. The third kappa shape index (κ3) is 4.07. The Bertz CT molecular complexity index is 703. The summed E-state index contributed by atoms with van der Waals surface area (Å²) in [6.07, 6.45) is 1.49. The van der Waals surface area contributed by atoms with Crippen molar-refractivity contribution in [3.05, 3.63) is 56.7 Å². The van der Waals surface area contributed by atoms with Gasteiger partial charge >= 0.3 is 5.97 Å². The molecule has 0 fully saturated rings. The first-order valence-corrected chi connectivity index (χ1v) is 6.74. The molecule has 1 heterocycles. The molecule has 2 aromatic rings. The lowest BCUT2D eigenvalue weighted by molar-refractivity contribution is 0.0697. The summed E-state index contributed by atoms with van der Waals surface area (Å²) in [5, 5.41) is 13.4. The molecule has 8 heteroatoms. The lowest BCUT2D eigenvalue weighted by Crippen LogP contribution is -1.97. The van der Waals surface area contributed by atoms with Crippen molar-refractivity contribution in [3.8, 4) is 0 Å². The van der Waals surface area contributed by atoms with Crippen LogP contribution in [0.3, 0.4) is 0 Å². The first kappa shape index (κ1) is 15.6. The Morgan fingerprint density at radius 2 is 1.86 bits per heavy atom. The normalized spacial score (nSPS) is 10.8. The van der Waals surface area contributed by atoms with Gasteiger partial charge in [0.05, 0.1) is 21.8 Å². The number of halogens is 3. The van der Waals surface area contributed by atoms with E-state index in [1.165, 1.54) is 24.4 Å². The zero-order valence-electron chi connectivity index (χ0n) is 10.3. The van der Waals surface area contributed by atoms with Gasteiger partial charge in [0.25, 0.3) is 0 Å². The molecule has 0 amide bonds. The van der Waals surface area contributed by atoms with Crippen molar-refractivity contribution in [2.45, 2.75) is 0 Å². The highest BCUT2D eigenvalue weighted by molar-refractivity contribution is 6.42. The molecule has 0 unspecified atom stereocenters. The molecule has 21 heavy (non-hydrogen) atoms. The van der Waals surface area contributed by atoms with E-state index in [1.807, 2.05) is 0 Å². The maximum atomic E-state index is 10.7. The second-order valence-electron chi connectivity index (χ2n) is 3.89. The van der Waals surface area contributed by atoms with Crippen LogP contribution in [0.25, 0.3) is 0 Å². The maximum absolute atomic E-state index is 10.7. The fraction of sp³-hybridized carbons (Fsp3) is 0. The minimum absolute atomic E-state index is 0.115. The van der Waals surface area contributed by atoms with E-state index >= 15 is 0 Å². The van der Waals surface area contributed by atoms with Crippen LogP contribution in [0.1, 0.15) is 15.9 Å². The van der Waals surface area contributed by atoms with Gasteiger partial charge in [-0.05, 0) is 23.8 Å². The molecule has 2 rings (SSSR count). The van der Waals surface area contributed by atoms with Crippen LogP contribution in [-0.4, -0.2) is 22.3 Å². The molecular weight excluding hydrogens is 337 g/mol. The van der Waals surface area contributed by atoms with E-state index in [0.29, 0.717) is 5.56 Å². The van der Waals surface area contributed by atoms with E-state index in [1.54, 1.807) is 12.1 Å². The number of carboxylic acid groups (broad SMARTS) is 1. The third-order valence-corrected chi connectivity index (χ3v) is 3.39. The number of rotatable bonds is 4. The molecule has 2 N–H and O–H groups in total. The summed E-state index contributed by atoms with van der Waals surface area (Å²) in [6.45, 7) is 0. The molecule has 0 saturated heterocycles.